The summed E-state index contributed by atoms with van der Waals surface area (Å²) in [7, 11) is 0. The predicted octanol–water partition coefficient (Wildman–Crippen LogP) is 2.43. The molecule has 0 aliphatic rings. The van der Waals surface area contributed by atoms with Gasteiger partial charge in [0.1, 0.15) is 0 Å². The van der Waals surface area contributed by atoms with Crippen molar-refractivity contribution >= 4 is 39.5 Å². The van der Waals surface area contributed by atoms with Gasteiger partial charge in [0.2, 0.25) is 11.8 Å². The van der Waals surface area contributed by atoms with Gasteiger partial charge in [-0.2, -0.15) is 0 Å². The lowest BCUT2D eigenvalue weighted by atomic mass is 10.2. The van der Waals surface area contributed by atoms with Gasteiger partial charge in [-0.3, -0.25) is 9.59 Å². The lowest BCUT2D eigenvalue weighted by Gasteiger charge is -2.08. The fraction of sp³-hybridized carbons (Fsp3) is 0.429. The first-order chi connectivity index (χ1) is 9.49. The molecule has 0 aliphatic heterocycles. The SMILES string of the molecule is CC(C)C(=O)NCCNC(=O)CSc1ccc(Br)cc1. The van der Waals surface area contributed by atoms with Crippen LogP contribution in [0.5, 0.6) is 0 Å². The van der Waals surface area contributed by atoms with Crippen LogP contribution in [-0.4, -0.2) is 30.7 Å². The van der Waals surface area contributed by atoms with Crippen LogP contribution in [0, 0.1) is 5.92 Å². The molecule has 0 heterocycles. The molecule has 1 aromatic rings. The van der Waals surface area contributed by atoms with E-state index in [-0.39, 0.29) is 17.7 Å². The molecule has 110 valence electrons. The van der Waals surface area contributed by atoms with Crippen LogP contribution in [0.3, 0.4) is 0 Å². The van der Waals surface area contributed by atoms with Crippen molar-refractivity contribution in [3.05, 3.63) is 28.7 Å². The Kier molecular flexibility index (Phi) is 7.69. The third-order valence-electron chi connectivity index (χ3n) is 2.45. The first-order valence-electron chi connectivity index (χ1n) is 6.42. The van der Waals surface area contributed by atoms with Gasteiger partial charge in [-0.1, -0.05) is 29.8 Å². The van der Waals surface area contributed by atoms with Gasteiger partial charge in [-0.25, -0.2) is 0 Å². The van der Waals surface area contributed by atoms with Gasteiger partial charge >= 0.3 is 0 Å². The lowest BCUT2D eigenvalue weighted by molar-refractivity contribution is -0.124. The molecule has 6 heteroatoms. The molecule has 0 aromatic heterocycles. The van der Waals surface area contributed by atoms with Crippen LogP contribution in [0.15, 0.2) is 33.6 Å². The van der Waals surface area contributed by atoms with Crippen molar-refractivity contribution in [3.8, 4) is 0 Å². The highest BCUT2D eigenvalue weighted by Crippen LogP contribution is 2.20. The fourth-order valence-electron chi connectivity index (χ4n) is 1.32. The fourth-order valence-corrected chi connectivity index (χ4v) is 2.32. The third kappa shape index (κ3) is 6.96. The maximum absolute atomic E-state index is 11.6. The van der Waals surface area contributed by atoms with E-state index in [9.17, 15) is 9.59 Å². The average molecular weight is 359 g/mol. The molecule has 0 saturated carbocycles. The maximum atomic E-state index is 11.6. The zero-order chi connectivity index (χ0) is 15.0. The molecule has 0 aliphatic carbocycles. The average Bonchev–Trinajstić information content (AvgIpc) is 2.42. The first-order valence-corrected chi connectivity index (χ1v) is 8.19. The van der Waals surface area contributed by atoms with E-state index < -0.39 is 0 Å². The number of amides is 2. The van der Waals surface area contributed by atoms with Gasteiger partial charge < -0.3 is 10.6 Å². The van der Waals surface area contributed by atoms with Crippen molar-refractivity contribution in [3.63, 3.8) is 0 Å². The van der Waals surface area contributed by atoms with Crippen molar-refractivity contribution in [2.45, 2.75) is 18.7 Å². The van der Waals surface area contributed by atoms with Crippen LogP contribution in [0.1, 0.15) is 13.8 Å². The van der Waals surface area contributed by atoms with Crippen LogP contribution in [-0.2, 0) is 9.59 Å². The second-order valence-electron chi connectivity index (χ2n) is 4.54. The molecule has 0 saturated heterocycles. The summed E-state index contributed by atoms with van der Waals surface area (Å²) >= 11 is 4.85. The summed E-state index contributed by atoms with van der Waals surface area (Å²) < 4.78 is 1.02. The highest BCUT2D eigenvalue weighted by atomic mass is 79.9. The lowest BCUT2D eigenvalue weighted by Crippen LogP contribution is -2.36. The first kappa shape index (κ1) is 17.0. The van der Waals surface area contributed by atoms with Crippen molar-refractivity contribution in [1.29, 1.82) is 0 Å². The van der Waals surface area contributed by atoms with Gasteiger partial charge in [0.15, 0.2) is 0 Å². The molecule has 0 radical (unpaired) electrons. The zero-order valence-electron chi connectivity index (χ0n) is 11.6. The van der Waals surface area contributed by atoms with Crippen LogP contribution < -0.4 is 10.6 Å². The van der Waals surface area contributed by atoms with Gasteiger partial charge in [-0.15, -0.1) is 11.8 Å². The minimum absolute atomic E-state index is 0.00323. The minimum Gasteiger partial charge on any atom is -0.354 e. The number of carbonyl (C=O) groups excluding carboxylic acids is 2. The van der Waals surface area contributed by atoms with E-state index in [1.165, 1.54) is 11.8 Å². The Balaban J connectivity index is 2.14. The largest absolute Gasteiger partial charge is 0.354 e. The number of hydrogen-bond donors (Lipinski definition) is 2. The second-order valence-corrected chi connectivity index (χ2v) is 6.50. The smallest absolute Gasteiger partial charge is 0.230 e. The molecular weight excluding hydrogens is 340 g/mol. The number of halogens is 1. The summed E-state index contributed by atoms with van der Waals surface area (Å²) in [5.74, 6) is 0.318. The molecule has 1 aromatic carbocycles. The molecule has 0 bridgehead atoms. The van der Waals surface area contributed by atoms with Gasteiger partial charge in [0.05, 0.1) is 5.75 Å². The predicted molar refractivity (Wildman–Crippen MR) is 85.7 cm³/mol. The summed E-state index contributed by atoms with van der Waals surface area (Å²) in [5, 5.41) is 5.53. The van der Waals surface area contributed by atoms with E-state index in [4.69, 9.17) is 0 Å². The van der Waals surface area contributed by atoms with Gasteiger partial charge in [0.25, 0.3) is 0 Å². The molecule has 0 spiro atoms. The Morgan fingerprint density at radius 1 is 1.15 bits per heavy atom. The van der Waals surface area contributed by atoms with E-state index >= 15 is 0 Å². The number of thioether (sulfide) groups is 1. The Morgan fingerprint density at radius 3 is 2.35 bits per heavy atom. The summed E-state index contributed by atoms with van der Waals surface area (Å²) in [5.41, 5.74) is 0. The second kappa shape index (κ2) is 9.02. The Hall–Kier alpha value is -1.01. The van der Waals surface area contributed by atoms with Crippen molar-refractivity contribution < 1.29 is 9.59 Å². The van der Waals surface area contributed by atoms with Crippen LogP contribution in [0.25, 0.3) is 0 Å². The molecule has 4 nitrogen and oxygen atoms in total. The van der Waals surface area contributed by atoms with Crippen LogP contribution in [0.4, 0.5) is 0 Å². The summed E-state index contributed by atoms with van der Waals surface area (Å²) in [6.07, 6.45) is 0. The molecule has 1 rings (SSSR count). The molecule has 2 N–H and O–H groups in total. The van der Waals surface area contributed by atoms with Crippen molar-refractivity contribution in [1.82, 2.24) is 10.6 Å². The monoisotopic (exact) mass is 358 g/mol. The van der Waals surface area contributed by atoms with Crippen molar-refractivity contribution in [2.75, 3.05) is 18.8 Å². The van der Waals surface area contributed by atoms with E-state index in [2.05, 4.69) is 26.6 Å². The number of rotatable bonds is 7. The summed E-state index contributed by atoms with van der Waals surface area (Å²) in [6, 6.07) is 7.82. The topological polar surface area (TPSA) is 58.2 Å². The zero-order valence-corrected chi connectivity index (χ0v) is 14.0. The van der Waals surface area contributed by atoms with E-state index in [0.717, 1.165) is 9.37 Å². The molecule has 0 unspecified atom stereocenters. The van der Waals surface area contributed by atoms with Gasteiger partial charge in [-0.05, 0) is 24.3 Å². The van der Waals surface area contributed by atoms with Crippen LogP contribution in [0.2, 0.25) is 0 Å². The Morgan fingerprint density at radius 2 is 1.75 bits per heavy atom. The third-order valence-corrected chi connectivity index (χ3v) is 4.00. The highest BCUT2D eigenvalue weighted by Gasteiger charge is 2.06. The van der Waals surface area contributed by atoms with E-state index in [1.54, 1.807) is 0 Å². The Labute approximate surface area is 132 Å². The standard InChI is InChI=1S/C14H19BrN2O2S/c1-10(2)14(19)17-8-7-16-13(18)9-20-12-5-3-11(15)4-6-12/h3-6,10H,7-9H2,1-2H3,(H,16,18)(H,17,19). The molecule has 0 fully saturated rings. The van der Waals surface area contributed by atoms with Crippen molar-refractivity contribution in [2.24, 2.45) is 5.92 Å². The Bertz CT molecular complexity index is 449. The number of hydrogen-bond acceptors (Lipinski definition) is 3. The number of carbonyl (C=O) groups is 2. The van der Waals surface area contributed by atoms with E-state index in [1.807, 2.05) is 38.1 Å². The van der Waals surface area contributed by atoms with E-state index in [0.29, 0.717) is 18.8 Å². The highest BCUT2D eigenvalue weighted by molar-refractivity contribution is 9.10. The quantitative estimate of drug-likeness (QED) is 0.581. The molecule has 2 amide bonds. The normalized spacial score (nSPS) is 10.4. The maximum Gasteiger partial charge on any atom is 0.230 e. The van der Waals surface area contributed by atoms with Gasteiger partial charge in [0, 0.05) is 28.4 Å². The summed E-state index contributed by atoms with van der Waals surface area (Å²) in [4.78, 5) is 24.0. The molecular formula is C14H19BrN2O2S. The minimum atomic E-state index is -0.0308. The molecule has 20 heavy (non-hydrogen) atoms. The number of nitrogens with one attached hydrogen (secondary N) is 2. The number of benzene rings is 1. The molecule has 0 atom stereocenters. The summed E-state index contributed by atoms with van der Waals surface area (Å²) in [6.45, 7) is 4.59. The van der Waals surface area contributed by atoms with Crippen LogP contribution >= 0.6 is 27.7 Å².